The number of nitrogens with two attached hydrogens (primary N) is 2. The number of fused-ring (bicyclic) bond motifs is 15. The zero-order valence-corrected chi connectivity index (χ0v) is 72.1. The number of phenols is 3. The van der Waals surface area contributed by atoms with Gasteiger partial charge in [-0.2, -0.15) is 0 Å². The number of hydrogen-bond donors (Lipinski definition) is 21. The number of aliphatic carboxylic acids is 1. The number of likely N-dealkylation sites (N-methyl/N-ethyl adjacent to an activating group) is 1. The molecule has 125 heavy (non-hydrogen) atoms. The van der Waals surface area contributed by atoms with Crippen LogP contribution in [-0.2, 0) is 63.8 Å². The molecule has 11 bridgehead atoms. The normalized spacial score (nSPS) is 27.0. The molecule has 18 atom stereocenters. The number of hydrogen-bond acceptors (Lipinski definition) is 29. The Morgan fingerprint density at radius 2 is 1.30 bits per heavy atom. The van der Waals surface area contributed by atoms with Crippen molar-refractivity contribution in [3.05, 3.63) is 116 Å². The summed E-state index contributed by atoms with van der Waals surface area (Å²) in [5.41, 5.74) is 8.07. The van der Waals surface area contributed by atoms with E-state index in [9.17, 15) is 60.3 Å². The zero-order valence-electron chi connectivity index (χ0n) is 70.6. The van der Waals surface area contributed by atoms with Crippen molar-refractivity contribution in [2.75, 3.05) is 72.6 Å². The predicted molar refractivity (Wildman–Crippen MR) is 454 cm³/mol. The smallest absolute Gasteiger partial charge is 0.330 e. The number of unbranched alkanes of at least 4 members (excludes halogenated alkanes) is 7. The van der Waals surface area contributed by atoms with Gasteiger partial charge in [0.25, 0.3) is 0 Å². The lowest BCUT2D eigenvalue weighted by Crippen LogP contribution is -2.66. The van der Waals surface area contributed by atoms with Crippen molar-refractivity contribution in [3.63, 3.8) is 0 Å². The molecule has 3 fully saturated rings. The van der Waals surface area contributed by atoms with E-state index in [1.54, 1.807) is 13.8 Å². The molecule has 37 nitrogen and oxygen atoms in total. The van der Waals surface area contributed by atoms with Crippen LogP contribution in [0.1, 0.15) is 175 Å². The number of nitrogens with one attached hydrogen (secondary N) is 10. The van der Waals surface area contributed by atoms with Crippen LogP contribution in [0, 0.1) is 5.92 Å². The number of primary amides is 1. The lowest BCUT2D eigenvalue weighted by atomic mass is 9.85. The van der Waals surface area contributed by atoms with E-state index < -0.39 is 231 Å². The molecule has 0 saturated carbocycles. The van der Waals surface area contributed by atoms with E-state index in [1.165, 1.54) is 69.5 Å². The van der Waals surface area contributed by atoms with Crippen molar-refractivity contribution in [2.45, 2.75) is 227 Å². The minimum atomic E-state index is -2.35. The van der Waals surface area contributed by atoms with E-state index in [-0.39, 0.29) is 64.1 Å². The minimum absolute atomic E-state index is 0.0865. The third-order valence-corrected chi connectivity index (χ3v) is 23.9. The molecule has 5 aromatic carbocycles. The van der Waals surface area contributed by atoms with Gasteiger partial charge in [0.1, 0.15) is 89.5 Å². The first-order chi connectivity index (χ1) is 59.7. The number of aromatic hydroxyl groups is 3. The summed E-state index contributed by atoms with van der Waals surface area (Å²) < 4.78 is 45.4. The molecule has 8 aliphatic rings. The van der Waals surface area contributed by atoms with Crippen LogP contribution < -0.4 is 78.8 Å². The number of morpholine rings is 1. The number of aliphatic hydroxyl groups excluding tert-OH is 5. The van der Waals surface area contributed by atoms with Crippen molar-refractivity contribution >= 4 is 70.5 Å². The van der Waals surface area contributed by atoms with Gasteiger partial charge < -0.3 is 144 Å². The Bertz CT molecular complexity index is 4650. The van der Waals surface area contributed by atoms with Crippen LogP contribution in [-0.4, -0.2) is 250 Å². The highest BCUT2D eigenvalue weighted by molar-refractivity contribution is 6.32. The summed E-state index contributed by atoms with van der Waals surface area (Å²) in [6.45, 7) is 13.7. The van der Waals surface area contributed by atoms with E-state index in [1.807, 2.05) is 13.8 Å². The molecule has 23 N–H and O–H groups in total. The van der Waals surface area contributed by atoms with Gasteiger partial charge >= 0.3 is 5.97 Å². The van der Waals surface area contributed by atoms with E-state index in [0.717, 1.165) is 68.3 Å². The third-order valence-electron chi connectivity index (χ3n) is 23.3. The largest absolute Gasteiger partial charge is 0.507 e. The summed E-state index contributed by atoms with van der Waals surface area (Å²) >= 11 is 14.4. The van der Waals surface area contributed by atoms with Crippen LogP contribution in [0.2, 0.25) is 10.0 Å². The van der Waals surface area contributed by atoms with E-state index >= 15 is 24.0 Å². The second-order valence-electron chi connectivity index (χ2n) is 33.1. The van der Waals surface area contributed by atoms with Gasteiger partial charge in [-0.25, -0.2) is 4.79 Å². The SMILES string of the molecule is CCCCCCCCCCNCCN[C@@]1(C)C[C@H](O[C@H]2[C@H](Oc3c4cc5cc3Oc3ccc(cc3Cl)[C@@H](O)[C@@H](NC(=O)[C@@H](CC(C)C)NC)C(=O)N[C@@H](CC(N)=O)C(=O)N[C@H]5C(=O)N[C@H]3C(=O)N[C@H](C(=O)N[C@H](C(=O)O)c5cc(O)c(CNCCCN6CCOCC6)c(O)c5-c5cc3ccc5O)[C@H](O)c3ccc(c(Cl)c3)O4)O[C@H](CN)[C@@H](O)[C@@H]2O)O[C@@H](C)[C@H]1O. The van der Waals surface area contributed by atoms with Gasteiger partial charge in [-0.15, -0.1) is 0 Å². The molecule has 0 spiro atoms. The Labute approximate surface area is 733 Å². The first kappa shape index (κ1) is 96.3. The van der Waals surface area contributed by atoms with Gasteiger partial charge in [0.15, 0.2) is 29.9 Å². The van der Waals surface area contributed by atoms with Crippen molar-refractivity contribution in [1.29, 1.82) is 0 Å². The number of halogens is 2. The maximum Gasteiger partial charge on any atom is 0.330 e. The fourth-order valence-corrected chi connectivity index (χ4v) is 16.8. The molecule has 39 heteroatoms. The van der Waals surface area contributed by atoms with Crippen molar-refractivity contribution in [3.8, 4) is 57.1 Å². The minimum Gasteiger partial charge on any atom is -0.507 e. The van der Waals surface area contributed by atoms with Crippen LogP contribution >= 0.6 is 23.2 Å². The monoisotopic (exact) mass is 1790 g/mol. The highest BCUT2D eigenvalue weighted by Gasteiger charge is 2.52. The Hall–Kier alpha value is -9.36. The molecule has 0 aliphatic carbocycles. The fourth-order valence-electron chi connectivity index (χ4n) is 16.3. The molecule has 8 heterocycles. The van der Waals surface area contributed by atoms with Gasteiger partial charge in [0.2, 0.25) is 53.4 Å². The van der Waals surface area contributed by atoms with Gasteiger partial charge in [-0.05, 0) is 143 Å². The number of phenolic OH excluding ortho intramolecular Hbond substituents is 3. The number of amides is 7. The summed E-state index contributed by atoms with van der Waals surface area (Å²) in [4.78, 5) is 122. The number of aliphatic hydroxyl groups is 5. The van der Waals surface area contributed by atoms with E-state index in [0.29, 0.717) is 58.9 Å². The molecule has 3 saturated heterocycles. The molecule has 684 valence electrons. The molecule has 7 amide bonds. The predicted octanol–water partition coefficient (Wildman–Crippen LogP) is 3.25. The van der Waals surface area contributed by atoms with Crippen molar-refractivity contribution in [1.82, 2.24) is 58.1 Å². The number of carbonyl (C=O) groups is 8. The molecule has 0 radical (unpaired) electrons. The number of ether oxygens (including phenoxy) is 7. The standard InChI is InChI=1S/C86H117Cl2N13O24/c1-7-8-9-10-11-12-13-14-22-92-24-25-94-86(5)39-63(120-43(4)77(86)110)124-76-74(109)73(108)61(40-89)123-85(76)125-75-59-35-47-36-60(75)122-58-21-18-46(34-52(58)88)71(106)69-83(116)98-67(84(117)118)49-37-56(103)50(41-93-23-15-26-101-27-29-119-30-28-101)72(107)64(49)48-32-44(16-19-55(48)102)65(80(113)100-69)97-81(114)66(47)96-79(112)54(38-62(90)104)95-82(115)68(99-78(111)53(91-6)31-42(2)3)70(105)45-17-20-57(121-59)51(87)33-45/h16-21,32-37,42-43,53-54,61,63,65-71,73-74,76-77,85,91-94,102-103,105-110H,7-15,22-31,38-41,89H2,1-6H3,(H2,90,104)(H,95,115)(H,96,112)(H,97,114)(H,98,116)(H,99,111)(H,100,113)(H,117,118)/t43-,53+,54-,61+,63-,65+,66+,67-,68+,69-,70+,71+,73+,74-,76+,77+,85-,86-/m0/s1. The maximum atomic E-state index is 16.5. The van der Waals surface area contributed by atoms with Crippen molar-refractivity contribution in [2.24, 2.45) is 17.4 Å². The Balaban J connectivity index is 1.07. The number of carboxylic acid groups (broad SMARTS) is 1. The number of carboxylic acids is 1. The summed E-state index contributed by atoms with van der Waals surface area (Å²) in [5, 5.41) is 136. The van der Waals surface area contributed by atoms with Crippen LogP contribution in [0.5, 0.6) is 46.0 Å². The first-order valence-corrected chi connectivity index (χ1v) is 43.2. The van der Waals surface area contributed by atoms with E-state index in [2.05, 4.69) is 65.0 Å². The second kappa shape index (κ2) is 43.9. The van der Waals surface area contributed by atoms with Crippen LogP contribution in [0.15, 0.2) is 72.8 Å². The lowest BCUT2D eigenvalue weighted by Gasteiger charge is -2.48. The van der Waals surface area contributed by atoms with Gasteiger partial charge in [-0.3, -0.25) is 38.5 Å². The van der Waals surface area contributed by atoms with Gasteiger partial charge in [-0.1, -0.05) is 107 Å². The summed E-state index contributed by atoms with van der Waals surface area (Å²) in [7, 11) is 1.49. The summed E-state index contributed by atoms with van der Waals surface area (Å²) in [6.07, 6.45) is -7.81. The second-order valence-corrected chi connectivity index (χ2v) is 33.9. The highest BCUT2D eigenvalue weighted by atomic mass is 35.5. The van der Waals surface area contributed by atoms with Crippen LogP contribution in [0.25, 0.3) is 11.1 Å². The molecular formula is C86H117Cl2N13O24. The molecule has 0 unspecified atom stereocenters. The quantitative estimate of drug-likeness (QED) is 0.0275. The first-order valence-electron chi connectivity index (χ1n) is 42.5. The number of carbonyl (C=O) groups excluding carboxylic acids is 7. The molecule has 0 aromatic heterocycles. The molecule has 5 aromatic rings. The summed E-state index contributed by atoms with van der Waals surface area (Å²) in [6, 6.07) is -0.889. The topological polar surface area (TPSA) is 559 Å². The van der Waals surface area contributed by atoms with Crippen molar-refractivity contribution < 1.29 is 117 Å². The van der Waals surface area contributed by atoms with Crippen LogP contribution in [0.3, 0.4) is 0 Å². The van der Waals surface area contributed by atoms with Gasteiger partial charge in [0.05, 0.1) is 53.5 Å². The molecule has 13 rings (SSSR count). The average molecular weight is 1790 g/mol. The number of benzene rings is 5. The molecule has 8 aliphatic heterocycles. The third kappa shape index (κ3) is 23.7. The fraction of sp³-hybridized carbons (Fsp3) is 0.558. The zero-order chi connectivity index (χ0) is 90.3. The van der Waals surface area contributed by atoms with Crippen LogP contribution in [0.4, 0.5) is 0 Å². The highest BCUT2D eigenvalue weighted by Crippen LogP contribution is 2.51. The Morgan fingerprint density at radius 3 is 1.94 bits per heavy atom. The maximum absolute atomic E-state index is 16.5. The summed E-state index contributed by atoms with van der Waals surface area (Å²) in [5.74, 6) is -15.5. The van der Waals surface area contributed by atoms with E-state index in [4.69, 9.17) is 67.8 Å². The number of rotatable bonds is 32. The Morgan fingerprint density at radius 1 is 0.680 bits per heavy atom. The lowest BCUT2D eigenvalue weighted by molar-refractivity contribution is -0.331. The number of nitrogens with zero attached hydrogens (tertiary/aromatic N) is 1. The average Bonchev–Trinajstić information content (AvgIpc) is 0.756. The molecular weight excluding hydrogens is 1670 g/mol. The van der Waals surface area contributed by atoms with Gasteiger partial charge in [0, 0.05) is 67.9 Å². The Kier molecular flexibility index (Phi) is 33.8.